The van der Waals surface area contributed by atoms with Crippen LogP contribution in [0.15, 0.2) is 47.6 Å². The monoisotopic (exact) mass is 589 g/mol. The minimum absolute atomic E-state index is 0.159. The van der Waals surface area contributed by atoms with E-state index in [0.29, 0.717) is 58.1 Å². The van der Waals surface area contributed by atoms with Crippen LogP contribution in [0.3, 0.4) is 0 Å². The van der Waals surface area contributed by atoms with Crippen LogP contribution < -0.4 is 10.6 Å². The van der Waals surface area contributed by atoms with Gasteiger partial charge in [0, 0.05) is 67.3 Å². The first-order chi connectivity index (χ1) is 19.0. The highest BCUT2D eigenvalue weighted by Gasteiger charge is 2.48. The Kier molecular flexibility index (Phi) is 9.63. The van der Waals surface area contributed by atoms with Gasteiger partial charge in [-0.1, -0.05) is 11.6 Å². The van der Waals surface area contributed by atoms with Gasteiger partial charge in [0.1, 0.15) is 16.7 Å². The fraction of sp³-hybridized carbons (Fsp3) is 0.429. The average molecular weight is 590 g/mol. The molecular formula is C28H33ClFN5O4S. The predicted octanol–water partition coefficient (Wildman–Crippen LogP) is 6.32. The van der Waals surface area contributed by atoms with E-state index in [0.717, 1.165) is 0 Å². The number of carbonyl (C=O) groups excluding carboxylic acids is 1. The van der Waals surface area contributed by atoms with Crippen LogP contribution in [0.4, 0.5) is 21.6 Å². The number of rotatable bonds is 11. The first-order valence-corrected chi connectivity index (χ1v) is 14.1. The maximum absolute atomic E-state index is 14.6. The van der Waals surface area contributed by atoms with Crippen molar-refractivity contribution in [3.63, 3.8) is 0 Å². The highest BCUT2D eigenvalue weighted by Crippen LogP contribution is 2.41. The molecule has 1 saturated carbocycles. The molecule has 2 N–H and O–H groups in total. The second-order valence-electron chi connectivity index (χ2n) is 10.3. The lowest BCUT2D eigenvalue weighted by atomic mass is 9.78. The minimum atomic E-state index is -0.709. The summed E-state index contributed by atoms with van der Waals surface area (Å²) in [5, 5.41) is 15.8. The van der Waals surface area contributed by atoms with E-state index in [1.807, 2.05) is 20.8 Å². The number of thioether (sulfide) groups is 1. The van der Waals surface area contributed by atoms with Crippen molar-refractivity contribution in [1.82, 2.24) is 15.2 Å². The number of hydrogen-bond acceptors (Lipinski definition) is 9. The Bertz CT molecular complexity index is 1340. The molecule has 0 saturated heterocycles. The second-order valence-corrected chi connectivity index (χ2v) is 11.9. The van der Waals surface area contributed by atoms with Crippen molar-refractivity contribution >= 4 is 46.5 Å². The van der Waals surface area contributed by atoms with Crippen LogP contribution in [-0.2, 0) is 19.0 Å². The Morgan fingerprint density at radius 3 is 2.60 bits per heavy atom. The number of pyridine rings is 1. The molecular weight excluding hydrogens is 557 g/mol. The van der Waals surface area contributed by atoms with E-state index < -0.39 is 11.6 Å². The zero-order valence-corrected chi connectivity index (χ0v) is 24.7. The summed E-state index contributed by atoms with van der Waals surface area (Å²) in [6.07, 6.45) is 2.52. The van der Waals surface area contributed by atoms with Crippen LogP contribution >= 0.6 is 23.4 Å². The Labute approximate surface area is 242 Å². The molecule has 3 aromatic rings. The molecule has 1 fully saturated rings. The molecule has 0 unspecified atom stereocenters. The Balaban J connectivity index is 1.53. The number of amides is 1. The fourth-order valence-electron chi connectivity index (χ4n) is 4.14. The lowest BCUT2D eigenvalue weighted by Gasteiger charge is -2.44. The standard InChI is InChI=1S/C28H33ClFN5O4S/c1-27(2,3)39-10-11-40-26-23(14-22(34-35-26)20-12-18(29)6-7-21(20)30)32-19-8-9-31-24(13-19)33-25(36)17-15-28(16-17,37-4)38-5/h6-9,12-14,17H,10-11,15-16H2,1-5H3,(H2,31,32,33,34,36). The molecule has 0 bridgehead atoms. The summed E-state index contributed by atoms with van der Waals surface area (Å²) in [6.45, 7) is 6.50. The number of halogens is 2. The van der Waals surface area contributed by atoms with Gasteiger partial charge in [-0.05, 0) is 51.1 Å². The molecule has 0 spiro atoms. The third kappa shape index (κ3) is 7.67. The van der Waals surface area contributed by atoms with E-state index in [1.54, 1.807) is 38.6 Å². The van der Waals surface area contributed by atoms with Crippen LogP contribution in [0.25, 0.3) is 11.3 Å². The van der Waals surface area contributed by atoms with E-state index in [4.69, 9.17) is 25.8 Å². The average Bonchev–Trinajstić information content (AvgIpc) is 2.88. The number of ether oxygens (including phenoxy) is 3. The van der Waals surface area contributed by atoms with Crippen LogP contribution in [0.1, 0.15) is 33.6 Å². The molecule has 9 nitrogen and oxygen atoms in total. The summed E-state index contributed by atoms with van der Waals surface area (Å²) >= 11 is 7.57. The van der Waals surface area contributed by atoms with Gasteiger partial charge in [-0.25, -0.2) is 9.37 Å². The van der Waals surface area contributed by atoms with Gasteiger partial charge in [-0.3, -0.25) is 4.79 Å². The van der Waals surface area contributed by atoms with Crippen molar-refractivity contribution in [2.24, 2.45) is 5.92 Å². The van der Waals surface area contributed by atoms with E-state index in [-0.39, 0.29) is 23.0 Å². The third-order valence-electron chi connectivity index (χ3n) is 6.34. The van der Waals surface area contributed by atoms with E-state index in [2.05, 4.69) is 25.8 Å². The molecule has 0 atom stereocenters. The van der Waals surface area contributed by atoms with Gasteiger partial charge >= 0.3 is 0 Å². The van der Waals surface area contributed by atoms with Gasteiger partial charge < -0.3 is 24.8 Å². The van der Waals surface area contributed by atoms with Crippen molar-refractivity contribution in [1.29, 1.82) is 0 Å². The maximum atomic E-state index is 14.6. The first kappa shape index (κ1) is 30.1. The summed E-state index contributed by atoms with van der Waals surface area (Å²) in [5.74, 6) is -0.545. The first-order valence-electron chi connectivity index (χ1n) is 12.7. The van der Waals surface area contributed by atoms with Crippen molar-refractivity contribution in [2.75, 3.05) is 37.2 Å². The molecule has 1 aliphatic rings. The van der Waals surface area contributed by atoms with Crippen LogP contribution in [-0.4, -0.2) is 59.1 Å². The largest absolute Gasteiger partial charge is 0.375 e. The molecule has 40 heavy (non-hydrogen) atoms. The Hall–Kier alpha value is -2.83. The molecule has 0 aliphatic heterocycles. The number of nitrogens with zero attached hydrogens (tertiary/aromatic N) is 3. The van der Waals surface area contributed by atoms with E-state index >= 15 is 0 Å². The maximum Gasteiger partial charge on any atom is 0.229 e. The molecule has 1 aliphatic carbocycles. The van der Waals surface area contributed by atoms with E-state index in [1.165, 1.54) is 30.0 Å². The molecule has 2 heterocycles. The van der Waals surface area contributed by atoms with Gasteiger partial charge in [0.15, 0.2) is 5.79 Å². The number of carbonyl (C=O) groups is 1. The molecule has 214 valence electrons. The summed E-state index contributed by atoms with van der Waals surface area (Å²) in [5.41, 5.74) is 1.57. The van der Waals surface area contributed by atoms with E-state index in [9.17, 15) is 9.18 Å². The topological polar surface area (TPSA) is 107 Å². The molecule has 0 radical (unpaired) electrons. The number of nitrogens with one attached hydrogen (secondary N) is 2. The molecule has 2 aromatic heterocycles. The van der Waals surface area contributed by atoms with Crippen molar-refractivity contribution in [2.45, 2.75) is 50.0 Å². The highest BCUT2D eigenvalue weighted by atomic mass is 35.5. The molecule has 1 amide bonds. The van der Waals surface area contributed by atoms with Crippen LogP contribution in [0.2, 0.25) is 5.02 Å². The van der Waals surface area contributed by atoms with Gasteiger partial charge in [0.05, 0.1) is 23.6 Å². The normalized spacial score (nSPS) is 15.0. The number of benzene rings is 1. The third-order valence-corrected chi connectivity index (χ3v) is 7.52. The summed E-state index contributed by atoms with van der Waals surface area (Å²) in [6, 6.07) is 9.48. The number of aromatic nitrogens is 3. The predicted molar refractivity (Wildman–Crippen MR) is 154 cm³/mol. The van der Waals surface area contributed by atoms with Crippen molar-refractivity contribution in [3.05, 3.63) is 53.4 Å². The van der Waals surface area contributed by atoms with Crippen molar-refractivity contribution < 1.29 is 23.4 Å². The summed E-state index contributed by atoms with van der Waals surface area (Å²) in [7, 11) is 3.14. The van der Waals surface area contributed by atoms with Gasteiger partial charge in [-0.15, -0.1) is 22.0 Å². The van der Waals surface area contributed by atoms with Crippen LogP contribution in [0.5, 0.6) is 0 Å². The molecule has 1 aromatic carbocycles. The SMILES string of the molecule is COC1(OC)CC(C(=O)Nc2cc(Nc3cc(-c4cc(Cl)ccc4F)nnc3SCCOC(C)(C)C)ccn2)C1. The number of anilines is 3. The minimum Gasteiger partial charge on any atom is -0.375 e. The molecule has 4 rings (SSSR count). The quantitative estimate of drug-likeness (QED) is 0.151. The zero-order valence-electron chi connectivity index (χ0n) is 23.1. The second kappa shape index (κ2) is 12.8. The molecule has 12 heteroatoms. The lowest BCUT2D eigenvalue weighted by Crippen LogP contribution is -2.51. The fourth-order valence-corrected chi connectivity index (χ4v) is 5.04. The zero-order chi connectivity index (χ0) is 28.9. The Morgan fingerprint density at radius 1 is 1.15 bits per heavy atom. The van der Waals surface area contributed by atoms with Gasteiger partial charge in [0.2, 0.25) is 5.91 Å². The van der Waals surface area contributed by atoms with Gasteiger partial charge in [-0.2, -0.15) is 0 Å². The highest BCUT2D eigenvalue weighted by molar-refractivity contribution is 7.99. The van der Waals surface area contributed by atoms with Crippen LogP contribution in [0, 0.1) is 11.7 Å². The summed E-state index contributed by atoms with van der Waals surface area (Å²) in [4.78, 5) is 17.0. The Morgan fingerprint density at radius 2 is 1.90 bits per heavy atom. The smallest absolute Gasteiger partial charge is 0.229 e. The summed E-state index contributed by atoms with van der Waals surface area (Å²) < 4.78 is 31.2. The number of methoxy groups -OCH3 is 2. The van der Waals surface area contributed by atoms with Gasteiger partial charge in [0.25, 0.3) is 0 Å². The van der Waals surface area contributed by atoms with Crippen molar-refractivity contribution in [3.8, 4) is 11.3 Å². The number of hydrogen-bond donors (Lipinski definition) is 2. The lowest BCUT2D eigenvalue weighted by molar-refractivity contribution is -0.265.